The van der Waals surface area contributed by atoms with Gasteiger partial charge in [0.05, 0.1) is 22.1 Å². The van der Waals surface area contributed by atoms with Crippen molar-refractivity contribution in [2.75, 3.05) is 7.11 Å². The van der Waals surface area contributed by atoms with Crippen LogP contribution in [0.3, 0.4) is 0 Å². The van der Waals surface area contributed by atoms with E-state index in [2.05, 4.69) is 15.9 Å². The minimum Gasteiger partial charge on any atom is -0.496 e. The lowest BCUT2D eigenvalue weighted by atomic mass is 10.1. The standard InChI is InChI=1S/C15H12BrNO3/c1-20-15-8-7-11(9-13(15)16)10-14(17(18)19)12-5-3-2-4-6-12/h2-10H,1H3. The van der Waals surface area contributed by atoms with E-state index in [1.54, 1.807) is 55.7 Å². The third kappa shape index (κ3) is 3.24. The van der Waals surface area contributed by atoms with Crippen molar-refractivity contribution < 1.29 is 9.66 Å². The molecule has 0 saturated carbocycles. The lowest BCUT2D eigenvalue weighted by Crippen LogP contribution is -1.97. The first-order valence-electron chi connectivity index (χ1n) is 5.87. The SMILES string of the molecule is COc1ccc(C=C(c2ccccc2)[N+](=O)[O-])cc1Br. The third-order valence-corrected chi connectivity index (χ3v) is 3.37. The van der Waals surface area contributed by atoms with Crippen molar-refractivity contribution in [3.63, 3.8) is 0 Å². The fourth-order valence-corrected chi connectivity index (χ4v) is 2.34. The first-order valence-corrected chi connectivity index (χ1v) is 6.66. The maximum absolute atomic E-state index is 11.2. The molecule has 0 spiro atoms. The smallest absolute Gasteiger partial charge is 0.277 e. The summed E-state index contributed by atoms with van der Waals surface area (Å²) in [5, 5.41) is 11.2. The van der Waals surface area contributed by atoms with Gasteiger partial charge in [0.15, 0.2) is 0 Å². The van der Waals surface area contributed by atoms with Gasteiger partial charge in [-0.05, 0) is 45.8 Å². The number of benzene rings is 2. The summed E-state index contributed by atoms with van der Waals surface area (Å²) >= 11 is 3.37. The fraction of sp³-hybridized carbons (Fsp3) is 0.0667. The van der Waals surface area contributed by atoms with E-state index in [9.17, 15) is 10.1 Å². The van der Waals surface area contributed by atoms with Crippen LogP contribution in [0.25, 0.3) is 11.8 Å². The van der Waals surface area contributed by atoms with E-state index in [1.807, 2.05) is 6.07 Å². The van der Waals surface area contributed by atoms with Crippen molar-refractivity contribution in [3.8, 4) is 5.75 Å². The largest absolute Gasteiger partial charge is 0.496 e. The average molecular weight is 334 g/mol. The second-order valence-electron chi connectivity index (χ2n) is 4.05. The molecule has 0 unspecified atom stereocenters. The monoisotopic (exact) mass is 333 g/mol. The molecule has 0 amide bonds. The molecule has 2 rings (SSSR count). The van der Waals surface area contributed by atoms with Gasteiger partial charge in [-0.15, -0.1) is 0 Å². The molecule has 2 aromatic carbocycles. The number of nitrogens with zero attached hydrogens (tertiary/aromatic N) is 1. The quantitative estimate of drug-likeness (QED) is 0.478. The van der Waals surface area contributed by atoms with Crippen LogP contribution in [-0.4, -0.2) is 12.0 Å². The highest BCUT2D eigenvalue weighted by atomic mass is 79.9. The van der Waals surface area contributed by atoms with Gasteiger partial charge in [0.2, 0.25) is 0 Å². The second kappa shape index (κ2) is 6.34. The zero-order valence-electron chi connectivity index (χ0n) is 10.7. The van der Waals surface area contributed by atoms with E-state index in [0.29, 0.717) is 11.3 Å². The fourth-order valence-electron chi connectivity index (χ4n) is 1.78. The molecule has 0 aromatic heterocycles. The molecule has 0 aliphatic rings. The predicted molar refractivity (Wildman–Crippen MR) is 82.0 cm³/mol. The normalized spacial score (nSPS) is 11.2. The summed E-state index contributed by atoms with van der Waals surface area (Å²) in [6.07, 6.45) is 1.54. The molecule has 5 heteroatoms. The summed E-state index contributed by atoms with van der Waals surface area (Å²) < 4.78 is 5.89. The molecule has 0 bridgehead atoms. The van der Waals surface area contributed by atoms with Crippen molar-refractivity contribution in [2.45, 2.75) is 0 Å². The highest BCUT2D eigenvalue weighted by molar-refractivity contribution is 9.10. The van der Waals surface area contributed by atoms with Gasteiger partial charge in [-0.1, -0.05) is 24.3 Å². The molecule has 0 heterocycles. The summed E-state index contributed by atoms with van der Waals surface area (Å²) in [6, 6.07) is 14.1. The Bertz CT molecular complexity index is 653. The predicted octanol–water partition coefficient (Wildman–Crippen LogP) is 4.23. The van der Waals surface area contributed by atoms with E-state index in [0.717, 1.165) is 10.0 Å². The lowest BCUT2D eigenvalue weighted by molar-refractivity contribution is -0.374. The second-order valence-corrected chi connectivity index (χ2v) is 4.90. The van der Waals surface area contributed by atoms with Crippen molar-refractivity contribution in [3.05, 3.63) is 74.2 Å². The Balaban J connectivity index is 2.45. The minimum atomic E-state index is -0.381. The number of hydrogen-bond donors (Lipinski definition) is 0. The van der Waals surface area contributed by atoms with E-state index < -0.39 is 0 Å². The lowest BCUT2D eigenvalue weighted by Gasteiger charge is -2.04. The molecule has 0 aliphatic heterocycles. The van der Waals surface area contributed by atoms with Crippen molar-refractivity contribution in [1.29, 1.82) is 0 Å². The van der Waals surface area contributed by atoms with Crippen LogP contribution in [0.2, 0.25) is 0 Å². The molecule has 20 heavy (non-hydrogen) atoms. The molecule has 0 atom stereocenters. The Morgan fingerprint density at radius 3 is 2.50 bits per heavy atom. The number of ether oxygens (including phenoxy) is 1. The van der Waals surface area contributed by atoms with Crippen LogP contribution in [0, 0.1) is 10.1 Å². The van der Waals surface area contributed by atoms with Crippen LogP contribution in [0.4, 0.5) is 0 Å². The summed E-state index contributed by atoms with van der Waals surface area (Å²) in [6.45, 7) is 0. The maximum Gasteiger partial charge on any atom is 0.277 e. The van der Waals surface area contributed by atoms with Crippen LogP contribution >= 0.6 is 15.9 Å². The number of methoxy groups -OCH3 is 1. The molecular formula is C15H12BrNO3. The topological polar surface area (TPSA) is 52.4 Å². The average Bonchev–Trinajstić information content (AvgIpc) is 2.45. The molecule has 0 N–H and O–H groups in total. The third-order valence-electron chi connectivity index (χ3n) is 2.75. The van der Waals surface area contributed by atoms with Gasteiger partial charge in [-0.25, -0.2) is 0 Å². The van der Waals surface area contributed by atoms with Crippen LogP contribution in [0.15, 0.2) is 53.0 Å². The van der Waals surface area contributed by atoms with Crippen LogP contribution in [-0.2, 0) is 0 Å². The van der Waals surface area contributed by atoms with E-state index in [-0.39, 0.29) is 10.6 Å². The first-order chi connectivity index (χ1) is 9.61. The Morgan fingerprint density at radius 1 is 1.25 bits per heavy atom. The highest BCUT2D eigenvalue weighted by Crippen LogP contribution is 2.27. The summed E-state index contributed by atoms with van der Waals surface area (Å²) in [5.41, 5.74) is 1.36. The molecule has 0 fully saturated rings. The van der Waals surface area contributed by atoms with Gasteiger partial charge < -0.3 is 4.74 Å². The van der Waals surface area contributed by atoms with E-state index in [1.165, 1.54) is 0 Å². The molecule has 2 aromatic rings. The van der Waals surface area contributed by atoms with E-state index >= 15 is 0 Å². The zero-order valence-corrected chi connectivity index (χ0v) is 12.3. The van der Waals surface area contributed by atoms with Gasteiger partial charge in [-0.2, -0.15) is 0 Å². The molecule has 0 saturated heterocycles. The van der Waals surface area contributed by atoms with E-state index in [4.69, 9.17) is 4.74 Å². The van der Waals surface area contributed by atoms with Gasteiger partial charge in [0.1, 0.15) is 5.75 Å². The van der Waals surface area contributed by atoms with Gasteiger partial charge >= 0.3 is 0 Å². The molecule has 0 radical (unpaired) electrons. The molecule has 102 valence electrons. The van der Waals surface area contributed by atoms with Gasteiger partial charge in [0, 0.05) is 6.08 Å². The maximum atomic E-state index is 11.2. The summed E-state index contributed by atoms with van der Waals surface area (Å²) in [5.74, 6) is 0.685. The molecule has 4 nitrogen and oxygen atoms in total. The zero-order chi connectivity index (χ0) is 14.5. The minimum absolute atomic E-state index is 0.0580. The van der Waals surface area contributed by atoms with Gasteiger partial charge in [0.25, 0.3) is 5.70 Å². The number of hydrogen-bond acceptors (Lipinski definition) is 3. The summed E-state index contributed by atoms with van der Waals surface area (Å²) in [4.78, 5) is 10.8. The highest BCUT2D eigenvalue weighted by Gasteiger charge is 2.13. The van der Waals surface area contributed by atoms with Crippen LogP contribution in [0.1, 0.15) is 11.1 Å². The Labute approximate surface area is 125 Å². The number of nitro groups is 1. The number of rotatable bonds is 4. The van der Waals surface area contributed by atoms with Crippen LogP contribution in [0.5, 0.6) is 5.75 Å². The number of halogens is 1. The Kier molecular flexibility index (Phi) is 4.53. The first kappa shape index (κ1) is 14.3. The van der Waals surface area contributed by atoms with Crippen molar-refractivity contribution in [1.82, 2.24) is 0 Å². The van der Waals surface area contributed by atoms with Gasteiger partial charge in [-0.3, -0.25) is 10.1 Å². The molecular weight excluding hydrogens is 322 g/mol. The van der Waals surface area contributed by atoms with Crippen molar-refractivity contribution in [2.24, 2.45) is 0 Å². The Hall–Kier alpha value is -2.14. The summed E-state index contributed by atoms with van der Waals surface area (Å²) in [7, 11) is 1.57. The Morgan fingerprint density at radius 2 is 1.95 bits per heavy atom. The molecule has 0 aliphatic carbocycles. The van der Waals surface area contributed by atoms with Crippen molar-refractivity contribution >= 4 is 27.7 Å². The van der Waals surface area contributed by atoms with Crippen LogP contribution < -0.4 is 4.74 Å².